The van der Waals surface area contributed by atoms with Gasteiger partial charge in [0.2, 0.25) is 0 Å². The molecule has 19 heavy (non-hydrogen) atoms. The number of nitrogens with one attached hydrogen (secondary N) is 2. The van der Waals surface area contributed by atoms with Gasteiger partial charge in [-0.1, -0.05) is 24.3 Å². The largest absolute Gasteiger partial charge is 0.370 e. The summed E-state index contributed by atoms with van der Waals surface area (Å²) in [5.74, 6) is 0.863. The smallest absolute Gasteiger partial charge is 0.188 e. The van der Waals surface area contributed by atoms with Crippen molar-refractivity contribution in [3.05, 3.63) is 35.4 Å². The van der Waals surface area contributed by atoms with Gasteiger partial charge < -0.3 is 22.1 Å². The second-order valence-electron chi connectivity index (χ2n) is 3.74. The van der Waals surface area contributed by atoms with Crippen LogP contribution in [-0.2, 0) is 13.1 Å². The van der Waals surface area contributed by atoms with E-state index in [1.54, 1.807) is 14.1 Å². The van der Waals surface area contributed by atoms with Gasteiger partial charge in [-0.3, -0.25) is 9.98 Å². The second kappa shape index (κ2) is 9.42. The SMILES string of the molecule is CN=C(N)NCc1cccc(CNC(N)=NC)c1.I. The van der Waals surface area contributed by atoms with Gasteiger partial charge >= 0.3 is 0 Å². The molecule has 0 unspecified atom stereocenters. The molecule has 0 bridgehead atoms. The van der Waals surface area contributed by atoms with E-state index in [0.29, 0.717) is 25.0 Å². The molecule has 1 rings (SSSR count). The van der Waals surface area contributed by atoms with Crippen LogP contribution in [-0.4, -0.2) is 26.0 Å². The first-order chi connectivity index (χ1) is 8.65. The zero-order valence-electron chi connectivity index (χ0n) is 11.2. The summed E-state index contributed by atoms with van der Waals surface area (Å²) in [6.45, 7) is 1.29. The standard InChI is InChI=1S/C12H20N6.HI/c1-15-11(13)17-7-9-4-3-5-10(6-9)8-18-12(14)16-2;/h3-6H,7-8H2,1-2H3,(H3,13,15,17)(H3,14,16,18);1H. The molecule has 0 saturated carbocycles. The van der Waals surface area contributed by atoms with Crippen molar-refractivity contribution in [1.29, 1.82) is 0 Å². The van der Waals surface area contributed by atoms with Crippen LogP contribution in [0.25, 0.3) is 0 Å². The van der Waals surface area contributed by atoms with E-state index in [9.17, 15) is 0 Å². The van der Waals surface area contributed by atoms with Crippen LogP contribution in [0.3, 0.4) is 0 Å². The summed E-state index contributed by atoms with van der Waals surface area (Å²) in [6.07, 6.45) is 0. The predicted molar refractivity (Wildman–Crippen MR) is 90.6 cm³/mol. The highest BCUT2D eigenvalue weighted by Gasteiger charge is 1.97. The summed E-state index contributed by atoms with van der Waals surface area (Å²) < 4.78 is 0. The molecule has 0 aliphatic rings. The zero-order chi connectivity index (χ0) is 13.4. The fourth-order valence-corrected chi connectivity index (χ4v) is 1.39. The second-order valence-corrected chi connectivity index (χ2v) is 3.74. The third-order valence-corrected chi connectivity index (χ3v) is 2.42. The maximum Gasteiger partial charge on any atom is 0.188 e. The van der Waals surface area contributed by atoms with Crippen molar-refractivity contribution < 1.29 is 0 Å². The Morgan fingerprint density at radius 2 is 1.42 bits per heavy atom. The van der Waals surface area contributed by atoms with E-state index in [4.69, 9.17) is 11.5 Å². The van der Waals surface area contributed by atoms with Crippen molar-refractivity contribution in [3.63, 3.8) is 0 Å². The number of aliphatic imine (C=N–C) groups is 2. The average molecular weight is 376 g/mol. The molecule has 106 valence electrons. The fourth-order valence-electron chi connectivity index (χ4n) is 1.39. The molecule has 0 aliphatic heterocycles. The predicted octanol–water partition coefficient (Wildman–Crippen LogP) is 0.373. The molecule has 0 radical (unpaired) electrons. The van der Waals surface area contributed by atoms with Crippen LogP contribution >= 0.6 is 24.0 Å². The van der Waals surface area contributed by atoms with Crippen LogP contribution in [0.4, 0.5) is 0 Å². The molecule has 1 aromatic carbocycles. The lowest BCUT2D eigenvalue weighted by Crippen LogP contribution is -2.31. The summed E-state index contributed by atoms with van der Waals surface area (Å²) in [5.41, 5.74) is 13.4. The summed E-state index contributed by atoms with van der Waals surface area (Å²) in [7, 11) is 3.30. The van der Waals surface area contributed by atoms with E-state index >= 15 is 0 Å². The van der Waals surface area contributed by atoms with Crippen LogP contribution < -0.4 is 22.1 Å². The monoisotopic (exact) mass is 376 g/mol. The van der Waals surface area contributed by atoms with Gasteiger partial charge in [-0.05, 0) is 11.1 Å². The van der Waals surface area contributed by atoms with Crippen LogP contribution in [0.5, 0.6) is 0 Å². The van der Waals surface area contributed by atoms with Gasteiger partial charge in [0.15, 0.2) is 11.9 Å². The molecular formula is C12H21IN6. The van der Waals surface area contributed by atoms with E-state index < -0.39 is 0 Å². The van der Waals surface area contributed by atoms with E-state index in [1.807, 2.05) is 18.2 Å². The fraction of sp³-hybridized carbons (Fsp3) is 0.333. The molecule has 0 atom stereocenters. The normalized spacial score (nSPS) is 11.7. The highest BCUT2D eigenvalue weighted by atomic mass is 127. The summed E-state index contributed by atoms with van der Waals surface area (Å²) in [5, 5.41) is 6.02. The number of hydrogen-bond acceptors (Lipinski definition) is 2. The Hall–Kier alpha value is -1.51. The lowest BCUT2D eigenvalue weighted by atomic mass is 10.1. The van der Waals surface area contributed by atoms with Crippen molar-refractivity contribution in [1.82, 2.24) is 10.6 Å². The van der Waals surface area contributed by atoms with E-state index in [1.165, 1.54) is 0 Å². The Kier molecular flexibility index (Phi) is 8.68. The molecular weight excluding hydrogens is 355 g/mol. The van der Waals surface area contributed by atoms with Crippen molar-refractivity contribution in [2.45, 2.75) is 13.1 Å². The highest BCUT2D eigenvalue weighted by Crippen LogP contribution is 2.04. The number of benzene rings is 1. The van der Waals surface area contributed by atoms with E-state index in [2.05, 4.69) is 26.7 Å². The topological polar surface area (TPSA) is 101 Å². The number of rotatable bonds is 4. The first kappa shape index (κ1) is 17.5. The highest BCUT2D eigenvalue weighted by molar-refractivity contribution is 14.0. The Balaban J connectivity index is 0.00000324. The molecule has 0 spiro atoms. The number of guanidine groups is 2. The summed E-state index contributed by atoms with van der Waals surface area (Å²) in [4.78, 5) is 7.67. The minimum atomic E-state index is 0. The number of hydrogen-bond donors (Lipinski definition) is 4. The Morgan fingerprint density at radius 1 is 1.00 bits per heavy atom. The molecule has 0 heterocycles. The lowest BCUT2D eigenvalue weighted by molar-refractivity contribution is 0.874. The van der Waals surface area contributed by atoms with Gasteiger partial charge in [-0.25, -0.2) is 0 Å². The molecule has 0 aliphatic carbocycles. The van der Waals surface area contributed by atoms with Crippen molar-refractivity contribution in [3.8, 4) is 0 Å². The van der Waals surface area contributed by atoms with Crippen molar-refractivity contribution in [2.75, 3.05) is 14.1 Å². The van der Waals surface area contributed by atoms with Crippen LogP contribution in [0.15, 0.2) is 34.3 Å². The van der Waals surface area contributed by atoms with E-state index in [0.717, 1.165) is 11.1 Å². The van der Waals surface area contributed by atoms with Gasteiger partial charge in [0, 0.05) is 27.2 Å². The molecule has 0 amide bonds. The van der Waals surface area contributed by atoms with Gasteiger partial charge in [0.25, 0.3) is 0 Å². The Morgan fingerprint density at radius 3 is 1.79 bits per heavy atom. The molecule has 1 aromatic rings. The summed E-state index contributed by atoms with van der Waals surface area (Å²) >= 11 is 0. The molecule has 6 nitrogen and oxygen atoms in total. The van der Waals surface area contributed by atoms with E-state index in [-0.39, 0.29) is 24.0 Å². The Labute approximate surface area is 130 Å². The van der Waals surface area contributed by atoms with Gasteiger partial charge in [0.1, 0.15) is 0 Å². The first-order valence-electron chi connectivity index (χ1n) is 5.65. The first-order valence-corrected chi connectivity index (χ1v) is 5.65. The van der Waals surface area contributed by atoms with Gasteiger partial charge in [-0.15, -0.1) is 24.0 Å². The minimum absolute atomic E-state index is 0. The van der Waals surface area contributed by atoms with Crippen molar-refractivity contribution in [2.24, 2.45) is 21.5 Å². The summed E-state index contributed by atoms with van der Waals surface area (Å²) in [6, 6.07) is 8.12. The van der Waals surface area contributed by atoms with Crippen LogP contribution in [0.1, 0.15) is 11.1 Å². The maximum absolute atomic E-state index is 5.57. The number of halogens is 1. The third kappa shape index (κ3) is 6.85. The molecule has 0 fully saturated rings. The van der Waals surface area contributed by atoms with Crippen LogP contribution in [0.2, 0.25) is 0 Å². The number of nitrogens with two attached hydrogens (primary N) is 2. The quantitative estimate of drug-likeness (QED) is 0.347. The van der Waals surface area contributed by atoms with Gasteiger partial charge in [-0.2, -0.15) is 0 Å². The van der Waals surface area contributed by atoms with Crippen molar-refractivity contribution >= 4 is 35.9 Å². The lowest BCUT2D eigenvalue weighted by Gasteiger charge is -2.08. The maximum atomic E-state index is 5.57. The number of nitrogens with zero attached hydrogens (tertiary/aromatic N) is 2. The minimum Gasteiger partial charge on any atom is -0.370 e. The third-order valence-electron chi connectivity index (χ3n) is 2.42. The zero-order valence-corrected chi connectivity index (χ0v) is 13.5. The molecule has 0 aromatic heterocycles. The molecule has 6 N–H and O–H groups in total. The average Bonchev–Trinajstić information content (AvgIpc) is 2.42. The molecule has 0 saturated heterocycles. The van der Waals surface area contributed by atoms with Gasteiger partial charge in [0.05, 0.1) is 0 Å². The van der Waals surface area contributed by atoms with Crippen LogP contribution in [0, 0.1) is 0 Å². The Bertz CT molecular complexity index is 406. The molecule has 7 heteroatoms.